The van der Waals surface area contributed by atoms with Gasteiger partial charge >= 0.3 is 0 Å². The van der Waals surface area contributed by atoms with E-state index in [1.807, 2.05) is 9.80 Å². The van der Waals surface area contributed by atoms with Crippen molar-refractivity contribution in [2.75, 3.05) is 39.4 Å². The van der Waals surface area contributed by atoms with Gasteiger partial charge in [-0.1, -0.05) is 24.3 Å². The molecule has 4 aromatic rings. The number of aliphatic hydroxyl groups is 8. The summed E-state index contributed by atoms with van der Waals surface area (Å²) >= 11 is 0. The van der Waals surface area contributed by atoms with Crippen LogP contribution in [-0.4, -0.2) is 194 Å². The van der Waals surface area contributed by atoms with Crippen LogP contribution in [0.25, 0.3) is 0 Å². The van der Waals surface area contributed by atoms with Crippen molar-refractivity contribution in [3.8, 4) is 46.0 Å². The number of aliphatic hydroxyl groups excluding tert-OH is 8. The summed E-state index contributed by atoms with van der Waals surface area (Å²) in [5, 5.41) is 148. The molecule has 380 valence electrons. The van der Waals surface area contributed by atoms with E-state index in [-0.39, 0.29) is 98.7 Å². The number of hydrogen-bond acceptors (Lipinski definition) is 22. The molecule has 3 aliphatic rings. The predicted molar refractivity (Wildman–Crippen MR) is 240 cm³/mol. The number of ketones is 2. The molecule has 10 atom stereocenters. The highest BCUT2D eigenvalue weighted by atomic mass is 16.7. The average molecular weight is 983 g/mol. The molecule has 3 saturated heterocycles. The number of Topliss-reactive ketones (excluding diaryl/α,β-unsaturated/α-hetero) is 2. The molecule has 22 nitrogen and oxygen atoms in total. The predicted octanol–water partition coefficient (Wildman–Crippen LogP) is -0.774. The molecule has 0 saturated carbocycles. The molecule has 3 aliphatic heterocycles. The third-order valence-electron chi connectivity index (χ3n) is 12.8. The third kappa shape index (κ3) is 11.5. The number of hydrogen-bond donors (Lipinski definition) is 14. The number of rotatable bonds is 18. The van der Waals surface area contributed by atoms with Crippen molar-refractivity contribution in [2.45, 2.75) is 100 Å². The SMILES string of the molecule is O=C(CCc1ccc(O)cc1)c1c(O[C@H]2O[C@@H](CO)[C@H](O)[C@@H](O)[C@@H]2O)cc(O)c(CN2CCN(Cc3c(O)cc(O[C@@H]4OC(CO)[C@@H](O)[C@H](O)[C@H]4O)c(C(=O)CCc4ccc(O)cc4)c3O)CC2)c1O. The summed E-state index contributed by atoms with van der Waals surface area (Å²) in [5.74, 6) is -4.46. The topological polar surface area (TPSA) is 361 Å². The lowest BCUT2D eigenvalue weighted by molar-refractivity contribution is -0.277. The van der Waals surface area contributed by atoms with Gasteiger partial charge in [-0.15, -0.1) is 0 Å². The Morgan fingerprint density at radius 3 is 1.19 bits per heavy atom. The van der Waals surface area contributed by atoms with E-state index in [0.29, 0.717) is 11.1 Å². The number of carbonyl (C=O) groups excluding carboxylic acids is 2. The first-order valence-corrected chi connectivity index (χ1v) is 22.6. The van der Waals surface area contributed by atoms with Crippen LogP contribution in [0, 0.1) is 0 Å². The molecule has 70 heavy (non-hydrogen) atoms. The van der Waals surface area contributed by atoms with E-state index in [2.05, 4.69) is 0 Å². The van der Waals surface area contributed by atoms with E-state index in [9.17, 15) is 81.1 Å². The lowest BCUT2D eigenvalue weighted by Gasteiger charge is -2.40. The number of aryl methyl sites for hydroxylation is 2. The second-order valence-corrected chi connectivity index (χ2v) is 17.6. The molecule has 0 bridgehead atoms. The van der Waals surface area contributed by atoms with Gasteiger partial charge in [-0.25, -0.2) is 0 Å². The van der Waals surface area contributed by atoms with Crippen molar-refractivity contribution in [2.24, 2.45) is 0 Å². The number of piperazine rings is 1. The molecule has 0 aromatic heterocycles. The van der Waals surface area contributed by atoms with Crippen LogP contribution in [0.5, 0.6) is 46.0 Å². The van der Waals surface area contributed by atoms with Gasteiger partial charge < -0.3 is 90.4 Å². The number of carbonyl (C=O) groups is 2. The molecule has 0 aliphatic carbocycles. The van der Waals surface area contributed by atoms with E-state index in [1.165, 1.54) is 24.3 Å². The van der Waals surface area contributed by atoms with Crippen molar-refractivity contribution in [3.05, 3.63) is 94.0 Å². The van der Waals surface area contributed by atoms with Crippen molar-refractivity contribution in [1.82, 2.24) is 9.80 Å². The van der Waals surface area contributed by atoms with Gasteiger partial charge in [0.05, 0.1) is 24.3 Å². The molecule has 4 aromatic carbocycles. The van der Waals surface area contributed by atoms with Gasteiger partial charge in [0.25, 0.3) is 0 Å². The maximum atomic E-state index is 13.9. The van der Waals surface area contributed by atoms with Gasteiger partial charge in [-0.05, 0) is 48.2 Å². The van der Waals surface area contributed by atoms with E-state index in [0.717, 1.165) is 12.1 Å². The van der Waals surface area contributed by atoms with E-state index in [1.54, 1.807) is 24.3 Å². The summed E-state index contributed by atoms with van der Waals surface area (Å²) in [6.07, 6.45) is -17.2. The van der Waals surface area contributed by atoms with Crippen LogP contribution in [0.4, 0.5) is 0 Å². The Kier molecular flexibility index (Phi) is 16.7. The van der Waals surface area contributed by atoms with Crippen molar-refractivity contribution >= 4 is 11.6 Å². The van der Waals surface area contributed by atoms with E-state index in [4.69, 9.17) is 18.9 Å². The van der Waals surface area contributed by atoms with Crippen LogP contribution in [0.3, 0.4) is 0 Å². The van der Waals surface area contributed by atoms with Gasteiger partial charge in [0.15, 0.2) is 11.6 Å². The summed E-state index contributed by atoms with van der Waals surface area (Å²) < 4.78 is 22.5. The van der Waals surface area contributed by atoms with Gasteiger partial charge in [-0.2, -0.15) is 0 Å². The fraction of sp³-hybridized carbons (Fsp3) is 0.458. The van der Waals surface area contributed by atoms with Crippen molar-refractivity contribution in [3.63, 3.8) is 0 Å². The van der Waals surface area contributed by atoms with Gasteiger partial charge in [-0.3, -0.25) is 19.4 Å². The Hall–Kier alpha value is -5.86. The lowest BCUT2D eigenvalue weighted by atomic mass is 9.97. The number of phenolic OH excluding ortho intramolecular Hbond substituents is 6. The maximum Gasteiger partial charge on any atom is 0.229 e. The zero-order valence-corrected chi connectivity index (χ0v) is 37.6. The Morgan fingerprint density at radius 1 is 0.514 bits per heavy atom. The smallest absolute Gasteiger partial charge is 0.229 e. The zero-order chi connectivity index (χ0) is 50.6. The van der Waals surface area contributed by atoms with Gasteiger partial charge in [0, 0.05) is 64.2 Å². The molecule has 3 heterocycles. The minimum Gasteiger partial charge on any atom is -0.508 e. The molecule has 0 radical (unpaired) electrons. The first kappa shape index (κ1) is 52.0. The minimum atomic E-state index is -1.88. The fourth-order valence-corrected chi connectivity index (χ4v) is 8.60. The summed E-state index contributed by atoms with van der Waals surface area (Å²) in [4.78, 5) is 31.5. The van der Waals surface area contributed by atoms with Crippen molar-refractivity contribution in [1.29, 1.82) is 0 Å². The summed E-state index contributed by atoms with van der Waals surface area (Å²) in [5.41, 5.74) is 0.436. The van der Waals surface area contributed by atoms with Crippen molar-refractivity contribution < 1.29 is 100 Å². The van der Waals surface area contributed by atoms with Crippen LogP contribution in [0.2, 0.25) is 0 Å². The first-order chi connectivity index (χ1) is 33.4. The first-order valence-electron chi connectivity index (χ1n) is 22.6. The number of nitrogens with zero attached hydrogens (tertiary/aromatic N) is 2. The summed E-state index contributed by atoms with van der Waals surface area (Å²) in [6, 6.07) is 14.3. The molecule has 1 unspecified atom stereocenters. The third-order valence-corrected chi connectivity index (χ3v) is 12.8. The number of ether oxygens (including phenoxy) is 4. The number of benzene rings is 4. The quantitative estimate of drug-likeness (QED) is 0.0544. The van der Waals surface area contributed by atoms with Crippen LogP contribution in [0.1, 0.15) is 55.8 Å². The normalized spacial score (nSPS) is 26.5. The highest BCUT2D eigenvalue weighted by Gasteiger charge is 2.47. The second-order valence-electron chi connectivity index (χ2n) is 17.6. The Labute approximate surface area is 400 Å². The molecule has 0 amide bonds. The van der Waals surface area contributed by atoms with Crippen LogP contribution in [0.15, 0.2) is 60.7 Å². The van der Waals surface area contributed by atoms with Gasteiger partial charge in [0.2, 0.25) is 12.6 Å². The van der Waals surface area contributed by atoms with E-state index < -0.39 is 121 Å². The van der Waals surface area contributed by atoms with Gasteiger partial charge in [0.1, 0.15) is 106 Å². The molecule has 22 heteroatoms. The Morgan fingerprint density at radius 2 is 0.857 bits per heavy atom. The zero-order valence-electron chi connectivity index (χ0n) is 37.6. The fourth-order valence-electron chi connectivity index (χ4n) is 8.60. The second kappa shape index (κ2) is 22.5. The lowest BCUT2D eigenvalue weighted by Crippen LogP contribution is -2.60. The Balaban J connectivity index is 1.09. The molecule has 0 spiro atoms. The van der Waals surface area contributed by atoms with E-state index >= 15 is 0 Å². The molecule has 3 fully saturated rings. The van der Waals surface area contributed by atoms with Crippen LogP contribution >= 0.6 is 0 Å². The number of phenols is 6. The summed E-state index contributed by atoms with van der Waals surface area (Å²) in [6.45, 7) is -0.681. The maximum absolute atomic E-state index is 13.9. The molecular weight excluding hydrogens is 925 g/mol. The highest BCUT2D eigenvalue weighted by Crippen LogP contribution is 2.43. The molecule has 14 N–H and O–H groups in total. The minimum absolute atomic E-state index is 0.0138. The number of aromatic hydroxyl groups is 6. The summed E-state index contributed by atoms with van der Waals surface area (Å²) in [7, 11) is 0. The largest absolute Gasteiger partial charge is 0.508 e. The standard InChI is InChI=1S/C48H58N2O20/c51-21-35-41(61)43(63)45(65)47(69-35)67-33-17-31(57)27(39(59)37(33)29(55)11-5-23-1-7-25(53)8-2-23)19-49-13-15-50(16-14-49)20-28-32(58)18-34(68-48-46(66)44(64)42(62)36(22-52)70-48)38(40(28)60)30(56)12-6-24-3-9-26(54)10-4-24/h1-4,7-10,17-18,35-36,41-48,51-54,57-66H,5-6,11-16,19-22H2/t35-,36?,41-,42+,43+,44-,45-,46+,47-,48+/m0/s1. The van der Waals surface area contributed by atoms with Crippen LogP contribution < -0.4 is 9.47 Å². The average Bonchev–Trinajstić information content (AvgIpc) is 3.34. The molecular formula is C48H58N2O20. The van der Waals surface area contributed by atoms with Crippen LogP contribution in [-0.2, 0) is 35.4 Å². The molecule has 7 rings (SSSR count). The highest BCUT2D eigenvalue weighted by molar-refractivity contribution is 6.03. The monoisotopic (exact) mass is 982 g/mol. The Bertz CT molecular complexity index is 2280.